The van der Waals surface area contributed by atoms with Gasteiger partial charge in [0.25, 0.3) is 0 Å². The summed E-state index contributed by atoms with van der Waals surface area (Å²) in [7, 11) is 0. The smallest absolute Gasteiger partial charge is 0.228 e. The summed E-state index contributed by atoms with van der Waals surface area (Å²) in [5.41, 5.74) is 1.06. The lowest BCUT2D eigenvalue weighted by Crippen LogP contribution is -2.49. The zero-order valence-corrected chi connectivity index (χ0v) is 15.6. The molecule has 0 spiro atoms. The number of hydrogen-bond acceptors (Lipinski definition) is 4. The van der Waals surface area contributed by atoms with Crippen LogP contribution >= 0.6 is 0 Å². The number of likely N-dealkylation sites (tertiary alicyclic amines) is 1. The first-order chi connectivity index (χ1) is 12.1. The van der Waals surface area contributed by atoms with E-state index in [1.165, 1.54) is 0 Å². The highest BCUT2D eigenvalue weighted by Crippen LogP contribution is 2.29. The van der Waals surface area contributed by atoms with Gasteiger partial charge in [0, 0.05) is 50.5 Å². The molecule has 3 heterocycles. The van der Waals surface area contributed by atoms with Crippen LogP contribution in [0.15, 0.2) is 18.5 Å². The fraction of sp³-hybridized carbons (Fsp3) is 0.700. The maximum Gasteiger partial charge on any atom is 0.228 e. The van der Waals surface area contributed by atoms with Crippen molar-refractivity contribution in [2.75, 3.05) is 19.7 Å². The minimum atomic E-state index is 0.0219. The van der Waals surface area contributed by atoms with Crippen molar-refractivity contribution in [1.29, 1.82) is 0 Å². The van der Waals surface area contributed by atoms with E-state index in [2.05, 4.69) is 18.8 Å². The predicted octanol–water partition coefficient (Wildman–Crippen LogP) is 3.21. The normalized spacial score (nSPS) is 25.2. The van der Waals surface area contributed by atoms with Gasteiger partial charge in [0.05, 0.1) is 12.0 Å². The van der Waals surface area contributed by atoms with E-state index in [0.29, 0.717) is 5.92 Å². The molecule has 1 aromatic heterocycles. The fourth-order valence-electron chi connectivity index (χ4n) is 3.93. The van der Waals surface area contributed by atoms with Crippen molar-refractivity contribution in [2.45, 2.75) is 58.7 Å². The molecule has 2 fully saturated rings. The van der Waals surface area contributed by atoms with Crippen LogP contribution in [0.3, 0.4) is 0 Å². The van der Waals surface area contributed by atoms with Gasteiger partial charge in [0.2, 0.25) is 5.91 Å². The monoisotopic (exact) mass is 346 g/mol. The molecule has 2 saturated heterocycles. The molecule has 3 rings (SSSR count). The third kappa shape index (κ3) is 4.32. The molecule has 2 atom stereocenters. The maximum absolute atomic E-state index is 13.0. The van der Waals surface area contributed by atoms with Gasteiger partial charge in [0.1, 0.15) is 11.9 Å². The molecular weight excluding hydrogens is 316 g/mol. The van der Waals surface area contributed by atoms with Crippen molar-refractivity contribution in [3.63, 3.8) is 0 Å². The summed E-state index contributed by atoms with van der Waals surface area (Å²) in [4.78, 5) is 19.1. The molecule has 5 nitrogen and oxygen atoms in total. The average Bonchev–Trinajstić information content (AvgIpc) is 2.63. The van der Waals surface area contributed by atoms with Crippen LogP contribution in [0.25, 0.3) is 0 Å². The lowest BCUT2D eigenvalue weighted by atomic mass is 9.86. The van der Waals surface area contributed by atoms with Crippen LogP contribution in [0.4, 0.5) is 0 Å². The van der Waals surface area contributed by atoms with Gasteiger partial charge in [-0.3, -0.25) is 9.78 Å². The largest absolute Gasteiger partial charge is 0.490 e. The SMILES string of the molecule is Cc1cnccc1OC1CCN(C(=O)[C@H]2CCCO[C@H]2C(C)C)CC1. The van der Waals surface area contributed by atoms with Crippen molar-refractivity contribution in [1.82, 2.24) is 9.88 Å². The summed E-state index contributed by atoms with van der Waals surface area (Å²) in [6.45, 7) is 8.63. The lowest BCUT2D eigenvalue weighted by Gasteiger charge is -2.39. The molecule has 25 heavy (non-hydrogen) atoms. The Morgan fingerprint density at radius 3 is 2.76 bits per heavy atom. The Morgan fingerprint density at radius 2 is 2.08 bits per heavy atom. The van der Waals surface area contributed by atoms with Crippen LogP contribution in [0.5, 0.6) is 5.75 Å². The Hall–Kier alpha value is -1.62. The molecule has 2 aliphatic rings. The maximum atomic E-state index is 13.0. The summed E-state index contributed by atoms with van der Waals surface area (Å²) in [6.07, 6.45) is 7.53. The first-order valence-corrected chi connectivity index (χ1v) is 9.54. The van der Waals surface area contributed by atoms with Gasteiger partial charge in [-0.1, -0.05) is 13.8 Å². The Kier molecular flexibility index (Phi) is 5.94. The Balaban J connectivity index is 1.54. The number of ether oxygens (including phenoxy) is 2. The van der Waals surface area contributed by atoms with Gasteiger partial charge in [0.15, 0.2) is 0 Å². The number of nitrogens with zero attached hydrogens (tertiary/aromatic N) is 2. The minimum Gasteiger partial charge on any atom is -0.490 e. The molecule has 138 valence electrons. The van der Waals surface area contributed by atoms with Gasteiger partial charge in [-0.2, -0.15) is 0 Å². The number of carbonyl (C=O) groups excluding carboxylic acids is 1. The van der Waals surface area contributed by atoms with E-state index in [0.717, 1.165) is 56.7 Å². The first-order valence-electron chi connectivity index (χ1n) is 9.54. The van der Waals surface area contributed by atoms with Crippen LogP contribution in [-0.2, 0) is 9.53 Å². The summed E-state index contributed by atoms with van der Waals surface area (Å²) in [5, 5.41) is 0. The quantitative estimate of drug-likeness (QED) is 0.840. The summed E-state index contributed by atoms with van der Waals surface area (Å²) >= 11 is 0. The number of amides is 1. The van der Waals surface area contributed by atoms with E-state index in [9.17, 15) is 4.79 Å². The Labute approximate surface area is 150 Å². The van der Waals surface area contributed by atoms with Crippen LogP contribution in [-0.4, -0.2) is 47.7 Å². The number of rotatable bonds is 4. The predicted molar refractivity (Wildman–Crippen MR) is 96.5 cm³/mol. The van der Waals surface area contributed by atoms with Crippen LogP contribution in [0, 0.1) is 18.8 Å². The van der Waals surface area contributed by atoms with Gasteiger partial charge in [-0.25, -0.2) is 0 Å². The van der Waals surface area contributed by atoms with E-state index in [1.54, 1.807) is 6.20 Å². The van der Waals surface area contributed by atoms with Crippen molar-refractivity contribution in [3.8, 4) is 5.75 Å². The second-order valence-corrected chi connectivity index (χ2v) is 7.61. The molecule has 0 unspecified atom stereocenters. The second kappa shape index (κ2) is 8.17. The molecule has 1 amide bonds. The third-order valence-corrected chi connectivity index (χ3v) is 5.36. The van der Waals surface area contributed by atoms with Crippen molar-refractivity contribution in [2.24, 2.45) is 11.8 Å². The average molecular weight is 346 g/mol. The van der Waals surface area contributed by atoms with Crippen molar-refractivity contribution < 1.29 is 14.3 Å². The second-order valence-electron chi connectivity index (χ2n) is 7.61. The lowest BCUT2D eigenvalue weighted by molar-refractivity contribution is -0.149. The van der Waals surface area contributed by atoms with Crippen LogP contribution in [0.2, 0.25) is 0 Å². The minimum absolute atomic E-state index is 0.0219. The molecule has 0 N–H and O–H groups in total. The highest BCUT2D eigenvalue weighted by Gasteiger charge is 2.37. The topological polar surface area (TPSA) is 51.7 Å². The molecular formula is C20H30N2O3. The highest BCUT2D eigenvalue weighted by molar-refractivity contribution is 5.79. The number of carbonyl (C=O) groups is 1. The van der Waals surface area contributed by atoms with E-state index in [-0.39, 0.29) is 24.0 Å². The highest BCUT2D eigenvalue weighted by atomic mass is 16.5. The van der Waals surface area contributed by atoms with Gasteiger partial charge < -0.3 is 14.4 Å². The van der Waals surface area contributed by atoms with Crippen molar-refractivity contribution in [3.05, 3.63) is 24.0 Å². The zero-order chi connectivity index (χ0) is 17.8. The number of piperidine rings is 1. The number of aryl methyl sites for hydroxylation is 1. The van der Waals surface area contributed by atoms with Gasteiger partial charge >= 0.3 is 0 Å². The Bertz CT molecular complexity index is 582. The third-order valence-electron chi connectivity index (χ3n) is 5.36. The molecule has 0 aromatic carbocycles. The van der Waals surface area contributed by atoms with Gasteiger partial charge in [-0.15, -0.1) is 0 Å². The van der Waals surface area contributed by atoms with Crippen LogP contribution < -0.4 is 4.74 Å². The summed E-state index contributed by atoms with van der Waals surface area (Å²) in [5.74, 6) is 1.58. The molecule has 5 heteroatoms. The molecule has 0 bridgehead atoms. The van der Waals surface area contributed by atoms with E-state index < -0.39 is 0 Å². The Morgan fingerprint density at radius 1 is 1.32 bits per heavy atom. The molecule has 0 aliphatic carbocycles. The van der Waals surface area contributed by atoms with E-state index >= 15 is 0 Å². The molecule has 0 radical (unpaired) electrons. The van der Waals surface area contributed by atoms with Crippen LogP contribution in [0.1, 0.15) is 45.1 Å². The number of aromatic nitrogens is 1. The van der Waals surface area contributed by atoms with E-state index in [4.69, 9.17) is 9.47 Å². The summed E-state index contributed by atoms with van der Waals surface area (Å²) in [6, 6.07) is 1.92. The van der Waals surface area contributed by atoms with E-state index in [1.807, 2.05) is 24.1 Å². The fourth-order valence-corrected chi connectivity index (χ4v) is 3.93. The van der Waals surface area contributed by atoms with Gasteiger partial charge in [-0.05, 0) is 31.7 Å². The molecule has 2 aliphatic heterocycles. The molecule has 1 aromatic rings. The summed E-state index contributed by atoms with van der Waals surface area (Å²) < 4.78 is 12.0. The number of hydrogen-bond donors (Lipinski definition) is 0. The van der Waals surface area contributed by atoms with Crippen molar-refractivity contribution >= 4 is 5.91 Å². The first kappa shape index (κ1) is 18.2. The zero-order valence-electron chi connectivity index (χ0n) is 15.6. The molecule has 0 saturated carbocycles. The standard InChI is InChI=1S/C20H30N2O3/c1-14(2)19-17(5-4-12-24-19)20(23)22-10-7-16(8-11-22)25-18-6-9-21-13-15(18)3/h6,9,13-14,16-17,19H,4-5,7-8,10-12H2,1-3H3/t17-,19-/m0/s1. The number of pyridine rings is 1.